The van der Waals surface area contributed by atoms with Crippen LogP contribution in [-0.2, 0) is 14.3 Å². The molecule has 2 aromatic heterocycles. The lowest BCUT2D eigenvalue weighted by Gasteiger charge is -2.38. The maximum Gasteiger partial charge on any atom is 0.336 e. The number of rotatable bonds is 5. The Labute approximate surface area is 184 Å². The molecule has 3 aliphatic rings. The molecule has 2 fully saturated rings. The van der Waals surface area contributed by atoms with Gasteiger partial charge in [-0.1, -0.05) is 0 Å². The molecule has 1 spiro atoms. The Balaban J connectivity index is 1.18. The van der Waals surface area contributed by atoms with Gasteiger partial charge in [-0.25, -0.2) is 9.18 Å². The number of cyclic esters (lactones) is 1. The number of carbonyl (C=O) groups is 2. The molecule has 1 atom stereocenters. The van der Waals surface area contributed by atoms with Gasteiger partial charge in [0, 0.05) is 13.1 Å². The van der Waals surface area contributed by atoms with Crippen LogP contribution in [0.3, 0.4) is 0 Å². The molecule has 0 bridgehead atoms. The van der Waals surface area contributed by atoms with E-state index in [1.165, 1.54) is 11.0 Å². The summed E-state index contributed by atoms with van der Waals surface area (Å²) >= 11 is 0. The van der Waals surface area contributed by atoms with E-state index in [0.717, 1.165) is 6.42 Å². The average Bonchev–Trinajstić information content (AvgIpc) is 3.53. The number of halogens is 1. The number of hydrogen-bond donors (Lipinski definition) is 0. The number of piperidine rings is 1. The normalized spacial score (nSPS) is 22.1. The molecule has 10 nitrogen and oxygen atoms in total. The average molecular weight is 441 g/mol. The lowest BCUT2D eigenvalue weighted by Crippen LogP contribution is -2.45. The smallest absolute Gasteiger partial charge is 0.336 e. The number of esters is 1. The van der Waals surface area contributed by atoms with Crippen LogP contribution in [0.15, 0.2) is 35.9 Å². The van der Waals surface area contributed by atoms with E-state index in [9.17, 15) is 14.0 Å². The van der Waals surface area contributed by atoms with Crippen molar-refractivity contribution < 1.29 is 18.7 Å². The van der Waals surface area contributed by atoms with Crippen molar-refractivity contribution in [2.75, 3.05) is 32.8 Å². The summed E-state index contributed by atoms with van der Waals surface area (Å²) < 4.78 is 21.4. The lowest BCUT2D eigenvalue weighted by atomic mass is 9.77. The van der Waals surface area contributed by atoms with E-state index in [1.807, 2.05) is 0 Å². The highest BCUT2D eigenvalue weighted by molar-refractivity contribution is 5.94. The zero-order valence-corrected chi connectivity index (χ0v) is 17.8. The summed E-state index contributed by atoms with van der Waals surface area (Å²) in [6.45, 7) is 4.01. The van der Waals surface area contributed by atoms with Gasteiger partial charge in [-0.3, -0.25) is 14.7 Å². The fourth-order valence-corrected chi connectivity index (χ4v) is 4.77. The van der Waals surface area contributed by atoms with Crippen molar-refractivity contribution in [3.05, 3.63) is 41.6 Å². The number of carbonyl (C=O) groups excluding carboxylic acids is 2. The molecular weight excluding hydrogens is 417 g/mol. The second-order valence-electron chi connectivity index (χ2n) is 8.60. The van der Waals surface area contributed by atoms with Gasteiger partial charge in [0.15, 0.2) is 6.17 Å². The second-order valence-corrected chi connectivity index (χ2v) is 8.60. The van der Waals surface area contributed by atoms with Gasteiger partial charge in [-0.2, -0.15) is 4.68 Å². The standard InChI is InChI=1S/C21H24FN7O3/c1-14-18(12-32-19(14)30)28-9-6-21(20(28)31)4-7-27(8-5-21)11-16(22)17-3-2-15(10-23-17)29-13-24-25-26-29/h2-3,10,13,16H,4-9,11-12H2,1H3/t16-/m0/s1. The summed E-state index contributed by atoms with van der Waals surface area (Å²) in [5, 5.41) is 10.9. The maximum absolute atomic E-state index is 14.9. The topological polar surface area (TPSA) is 106 Å². The van der Waals surface area contributed by atoms with Crippen molar-refractivity contribution in [1.82, 2.24) is 35.0 Å². The van der Waals surface area contributed by atoms with Crippen LogP contribution in [-0.4, -0.2) is 79.7 Å². The van der Waals surface area contributed by atoms with Crippen LogP contribution in [0.1, 0.15) is 38.1 Å². The van der Waals surface area contributed by atoms with Gasteiger partial charge < -0.3 is 9.64 Å². The Morgan fingerprint density at radius 3 is 2.59 bits per heavy atom. The van der Waals surface area contributed by atoms with Crippen LogP contribution in [0.2, 0.25) is 0 Å². The molecule has 5 heterocycles. The molecule has 1 amide bonds. The molecule has 0 aromatic carbocycles. The van der Waals surface area contributed by atoms with Crippen LogP contribution in [0, 0.1) is 5.41 Å². The molecule has 0 N–H and O–H groups in total. The molecule has 0 unspecified atom stereocenters. The number of amides is 1. The molecule has 32 heavy (non-hydrogen) atoms. The van der Waals surface area contributed by atoms with Gasteiger partial charge in [0.2, 0.25) is 5.91 Å². The number of alkyl halides is 1. The number of nitrogens with zero attached hydrogens (tertiary/aromatic N) is 7. The van der Waals surface area contributed by atoms with E-state index < -0.39 is 11.6 Å². The minimum absolute atomic E-state index is 0.0708. The molecule has 0 radical (unpaired) electrons. The van der Waals surface area contributed by atoms with Crippen LogP contribution < -0.4 is 0 Å². The lowest BCUT2D eigenvalue weighted by molar-refractivity contribution is -0.138. The van der Waals surface area contributed by atoms with Crippen molar-refractivity contribution >= 4 is 11.9 Å². The number of aromatic nitrogens is 5. The highest BCUT2D eigenvalue weighted by Gasteiger charge is 2.50. The van der Waals surface area contributed by atoms with Crippen molar-refractivity contribution in [3.63, 3.8) is 0 Å². The molecule has 5 rings (SSSR count). The first-order chi connectivity index (χ1) is 15.5. The third kappa shape index (κ3) is 3.56. The quantitative estimate of drug-likeness (QED) is 0.638. The summed E-state index contributed by atoms with van der Waals surface area (Å²) in [7, 11) is 0. The summed E-state index contributed by atoms with van der Waals surface area (Å²) in [6, 6.07) is 3.38. The third-order valence-corrected chi connectivity index (χ3v) is 6.85. The summed E-state index contributed by atoms with van der Waals surface area (Å²) in [5.41, 5.74) is 1.81. The van der Waals surface area contributed by atoms with Crippen LogP contribution in [0.5, 0.6) is 0 Å². The van der Waals surface area contributed by atoms with Crippen LogP contribution in [0.25, 0.3) is 5.69 Å². The second kappa shape index (κ2) is 8.05. The van der Waals surface area contributed by atoms with Gasteiger partial charge in [0.05, 0.1) is 34.3 Å². The molecule has 11 heteroatoms. The molecule has 2 aromatic rings. The Bertz CT molecular complexity index is 1050. The first-order valence-electron chi connectivity index (χ1n) is 10.7. The molecule has 0 aliphatic carbocycles. The highest BCUT2D eigenvalue weighted by Crippen LogP contribution is 2.44. The van der Waals surface area contributed by atoms with E-state index in [0.29, 0.717) is 55.1 Å². The number of tetrazole rings is 1. The van der Waals surface area contributed by atoms with Gasteiger partial charge in [-0.05, 0) is 61.8 Å². The van der Waals surface area contributed by atoms with Gasteiger partial charge in [0.25, 0.3) is 0 Å². The number of ether oxygens (including phenoxy) is 1. The van der Waals surface area contributed by atoms with E-state index in [1.54, 1.807) is 30.2 Å². The van der Waals surface area contributed by atoms with Gasteiger partial charge in [-0.15, -0.1) is 5.10 Å². The minimum Gasteiger partial charge on any atom is -0.456 e. The largest absolute Gasteiger partial charge is 0.456 e. The Hall–Kier alpha value is -3.21. The Kier molecular flexibility index (Phi) is 5.20. The summed E-state index contributed by atoms with van der Waals surface area (Å²) in [5.74, 6) is -0.279. The first-order valence-corrected chi connectivity index (χ1v) is 10.7. The van der Waals surface area contributed by atoms with E-state index >= 15 is 0 Å². The first kappa shape index (κ1) is 20.7. The third-order valence-electron chi connectivity index (χ3n) is 6.85. The number of hydrogen-bond acceptors (Lipinski definition) is 8. The zero-order chi connectivity index (χ0) is 22.3. The van der Waals surface area contributed by atoms with Crippen molar-refractivity contribution in [1.29, 1.82) is 0 Å². The molecular formula is C21H24FN7O3. The minimum atomic E-state index is -1.22. The Morgan fingerprint density at radius 2 is 1.97 bits per heavy atom. The van der Waals surface area contributed by atoms with E-state index in [-0.39, 0.29) is 25.0 Å². The fourth-order valence-electron chi connectivity index (χ4n) is 4.77. The Morgan fingerprint density at radius 1 is 1.19 bits per heavy atom. The van der Waals surface area contributed by atoms with Crippen molar-refractivity contribution in [2.45, 2.75) is 32.4 Å². The van der Waals surface area contributed by atoms with Crippen LogP contribution in [0.4, 0.5) is 4.39 Å². The van der Waals surface area contributed by atoms with E-state index in [2.05, 4.69) is 25.4 Å². The van der Waals surface area contributed by atoms with Crippen molar-refractivity contribution in [3.8, 4) is 5.69 Å². The SMILES string of the molecule is CC1=C(N2CCC3(CCN(C[C@H](F)c4ccc(-n5cnnn5)cn4)CC3)C2=O)COC1=O. The highest BCUT2D eigenvalue weighted by atomic mass is 19.1. The summed E-state index contributed by atoms with van der Waals surface area (Å²) in [6.07, 6.45) is 3.89. The van der Waals surface area contributed by atoms with E-state index in [4.69, 9.17) is 4.74 Å². The number of pyridine rings is 1. The predicted molar refractivity (Wildman–Crippen MR) is 109 cm³/mol. The summed E-state index contributed by atoms with van der Waals surface area (Å²) in [4.78, 5) is 32.9. The fraction of sp³-hybridized carbons (Fsp3) is 0.524. The van der Waals surface area contributed by atoms with Crippen molar-refractivity contribution in [2.24, 2.45) is 5.41 Å². The number of likely N-dealkylation sites (tertiary alicyclic amines) is 2. The zero-order valence-electron chi connectivity index (χ0n) is 17.8. The maximum atomic E-state index is 14.9. The van der Waals surface area contributed by atoms with Gasteiger partial charge in [0.1, 0.15) is 12.9 Å². The monoisotopic (exact) mass is 441 g/mol. The predicted octanol–water partition coefficient (Wildman–Crippen LogP) is 1.21. The molecule has 168 valence electrons. The van der Waals surface area contributed by atoms with Gasteiger partial charge >= 0.3 is 5.97 Å². The molecule has 2 saturated heterocycles. The molecule has 3 aliphatic heterocycles. The van der Waals surface area contributed by atoms with Crippen LogP contribution >= 0.6 is 0 Å². The molecule has 0 saturated carbocycles.